The molecule has 0 amide bonds. The topological polar surface area (TPSA) is 70.3 Å². The summed E-state index contributed by atoms with van der Waals surface area (Å²) >= 11 is 0. The molecule has 0 saturated heterocycles. The van der Waals surface area contributed by atoms with Crippen LogP contribution in [0.5, 0.6) is 0 Å². The van der Waals surface area contributed by atoms with Gasteiger partial charge in [-0.3, -0.25) is 0 Å². The third kappa shape index (κ3) is 1.83. The molecule has 0 radical (unpaired) electrons. The number of anilines is 1. The fourth-order valence-corrected chi connectivity index (χ4v) is 1.35. The van der Waals surface area contributed by atoms with E-state index in [1.54, 1.807) is 26.5 Å². The summed E-state index contributed by atoms with van der Waals surface area (Å²) in [7, 11) is 3.15. The molecule has 1 rings (SSSR count). The number of hydrogen-bond donors (Lipinski definition) is 1. The molecule has 0 aliphatic carbocycles. The Morgan fingerprint density at radius 1 is 1.43 bits per heavy atom. The number of nitrogens with zero attached hydrogens (tertiary/aromatic N) is 2. The molecule has 0 bridgehead atoms. The van der Waals surface area contributed by atoms with E-state index in [0.29, 0.717) is 12.1 Å². The summed E-state index contributed by atoms with van der Waals surface area (Å²) in [5.74, 6) is -0.605. The minimum Gasteiger partial charge on any atom is -0.368 e. The maximum absolute atomic E-state index is 5.49. The predicted octanol–water partition coefficient (Wildman–Crippen LogP) is 0.914. The van der Waals surface area contributed by atoms with Crippen LogP contribution in [0.15, 0.2) is 12.3 Å². The molecule has 0 spiro atoms. The Balaban J connectivity index is 3.10. The zero-order chi connectivity index (χ0) is 10.6. The Morgan fingerprint density at radius 2 is 2.07 bits per heavy atom. The van der Waals surface area contributed by atoms with Crippen LogP contribution < -0.4 is 5.73 Å². The number of hydrogen-bond acceptors (Lipinski definition) is 5. The summed E-state index contributed by atoms with van der Waals surface area (Å²) in [5.41, 5.74) is 6.12. The third-order valence-corrected chi connectivity index (χ3v) is 2.19. The van der Waals surface area contributed by atoms with Crippen molar-refractivity contribution < 1.29 is 9.47 Å². The van der Waals surface area contributed by atoms with Crippen LogP contribution in [0.4, 0.5) is 5.95 Å². The quantitative estimate of drug-likeness (QED) is 0.726. The lowest BCUT2D eigenvalue weighted by atomic mass is 10.1. The van der Waals surface area contributed by atoms with Gasteiger partial charge in [0.05, 0.1) is 0 Å². The first-order valence-electron chi connectivity index (χ1n) is 4.38. The van der Waals surface area contributed by atoms with Crippen LogP contribution in [0.1, 0.15) is 19.0 Å². The average Bonchev–Trinajstić information content (AvgIpc) is 2.22. The van der Waals surface area contributed by atoms with Crippen LogP contribution in [0.2, 0.25) is 0 Å². The summed E-state index contributed by atoms with van der Waals surface area (Å²) in [6.07, 6.45) is 2.23. The van der Waals surface area contributed by atoms with Crippen molar-refractivity contribution in [3.05, 3.63) is 18.0 Å². The highest BCUT2D eigenvalue weighted by molar-refractivity contribution is 5.20. The van der Waals surface area contributed by atoms with Gasteiger partial charge < -0.3 is 15.2 Å². The van der Waals surface area contributed by atoms with Crippen LogP contribution in [0.3, 0.4) is 0 Å². The summed E-state index contributed by atoms with van der Waals surface area (Å²) in [6.45, 7) is 1.95. The highest BCUT2D eigenvalue weighted by Crippen LogP contribution is 2.27. The molecule has 5 heteroatoms. The summed E-state index contributed by atoms with van der Waals surface area (Å²) in [6, 6.07) is 1.73. The van der Waals surface area contributed by atoms with Crippen molar-refractivity contribution in [1.82, 2.24) is 9.97 Å². The Morgan fingerprint density at radius 3 is 2.50 bits per heavy atom. The molecule has 0 fully saturated rings. The van der Waals surface area contributed by atoms with Crippen LogP contribution in [0.25, 0.3) is 0 Å². The van der Waals surface area contributed by atoms with Crippen LogP contribution in [-0.2, 0) is 15.3 Å². The van der Waals surface area contributed by atoms with Crippen LogP contribution in [0, 0.1) is 0 Å². The Kier molecular flexibility index (Phi) is 3.38. The van der Waals surface area contributed by atoms with E-state index in [9.17, 15) is 0 Å². The fourth-order valence-electron chi connectivity index (χ4n) is 1.35. The second-order valence-electron chi connectivity index (χ2n) is 2.81. The van der Waals surface area contributed by atoms with Crippen molar-refractivity contribution in [3.63, 3.8) is 0 Å². The number of nitrogen functional groups attached to an aromatic ring is 1. The van der Waals surface area contributed by atoms with Gasteiger partial charge in [-0.25, -0.2) is 9.97 Å². The van der Waals surface area contributed by atoms with E-state index in [1.165, 1.54) is 0 Å². The molecule has 0 unspecified atom stereocenters. The van der Waals surface area contributed by atoms with E-state index in [0.717, 1.165) is 0 Å². The first-order valence-corrected chi connectivity index (χ1v) is 4.38. The van der Waals surface area contributed by atoms with Gasteiger partial charge in [0.2, 0.25) is 11.7 Å². The number of nitrogens with two attached hydrogens (primary N) is 1. The van der Waals surface area contributed by atoms with Gasteiger partial charge in [0.25, 0.3) is 0 Å². The molecule has 0 saturated carbocycles. The van der Waals surface area contributed by atoms with Crippen LogP contribution >= 0.6 is 0 Å². The third-order valence-electron chi connectivity index (χ3n) is 2.19. The van der Waals surface area contributed by atoms with E-state index in [4.69, 9.17) is 15.2 Å². The zero-order valence-electron chi connectivity index (χ0n) is 8.65. The van der Waals surface area contributed by atoms with Gasteiger partial charge in [-0.15, -0.1) is 0 Å². The summed E-state index contributed by atoms with van der Waals surface area (Å²) in [4.78, 5) is 7.89. The molecule has 5 nitrogen and oxygen atoms in total. The molecule has 0 aliphatic heterocycles. The van der Waals surface area contributed by atoms with Crippen molar-refractivity contribution in [1.29, 1.82) is 0 Å². The van der Waals surface area contributed by atoms with Crippen molar-refractivity contribution in [2.45, 2.75) is 19.1 Å². The van der Waals surface area contributed by atoms with E-state index in [2.05, 4.69) is 9.97 Å². The van der Waals surface area contributed by atoms with Crippen molar-refractivity contribution in [3.8, 4) is 0 Å². The highest BCUT2D eigenvalue weighted by atomic mass is 16.7. The molecule has 1 aromatic rings. The second-order valence-corrected chi connectivity index (χ2v) is 2.81. The molecular formula is C9H15N3O2. The number of ether oxygens (including phenoxy) is 2. The molecule has 0 aromatic carbocycles. The van der Waals surface area contributed by atoms with Crippen LogP contribution in [-0.4, -0.2) is 24.2 Å². The SMILES string of the molecule is CCC(OC)(OC)c1ccnc(N)n1. The van der Waals surface area contributed by atoms with Gasteiger partial charge in [-0.05, 0) is 6.07 Å². The van der Waals surface area contributed by atoms with Gasteiger partial charge in [0.1, 0.15) is 5.69 Å². The molecule has 0 atom stereocenters. The Labute approximate surface area is 83.3 Å². The Bertz CT molecular complexity index is 292. The zero-order valence-corrected chi connectivity index (χ0v) is 8.65. The fraction of sp³-hybridized carbons (Fsp3) is 0.556. The lowest BCUT2D eigenvalue weighted by Crippen LogP contribution is -2.31. The van der Waals surface area contributed by atoms with Gasteiger partial charge in [-0.1, -0.05) is 6.92 Å². The second kappa shape index (κ2) is 4.34. The van der Waals surface area contributed by atoms with Gasteiger partial charge in [0, 0.05) is 26.8 Å². The van der Waals surface area contributed by atoms with Gasteiger partial charge in [0.15, 0.2) is 0 Å². The maximum Gasteiger partial charge on any atom is 0.220 e. The summed E-state index contributed by atoms with van der Waals surface area (Å²) in [5, 5.41) is 0. The highest BCUT2D eigenvalue weighted by Gasteiger charge is 2.31. The normalized spacial score (nSPS) is 11.6. The van der Waals surface area contributed by atoms with Crippen molar-refractivity contribution >= 4 is 5.95 Å². The minimum absolute atomic E-state index is 0.217. The molecular weight excluding hydrogens is 182 g/mol. The molecule has 78 valence electrons. The molecule has 1 heterocycles. The van der Waals surface area contributed by atoms with E-state index in [-0.39, 0.29) is 5.95 Å². The standard InChI is InChI=1S/C9H15N3O2/c1-4-9(13-2,14-3)7-5-6-11-8(10)12-7/h5-6H,4H2,1-3H3,(H2,10,11,12). The maximum atomic E-state index is 5.49. The lowest BCUT2D eigenvalue weighted by Gasteiger charge is -2.28. The molecule has 14 heavy (non-hydrogen) atoms. The molecule has 2 N–H and O–H groups in total. The van der Waals surface area contributed by atoms with Crippen molar-refractivity contribution in [2.24, 2.45) is 0 Å². The van der Waals surface area contributed by atoms with E-state index >= 15 is 0 Å². The predicted molar refractivity (Wildman–Crippen MR) is 52.4 cm³/mol. The lowest BCUT2D eigenvalue weighted by molar-refractivity contribution is -0.220. The smallest absolute Gasteiger partial charge is 0.220 e. The summed E-state index contributed by atoms with van der Waals surface area (Å²) < 4.78 is 10.6. The number of aromatic nitrogens is 2. The van der Waals surface area contributed by atoms with E-state index in [1.807, 2.05) is 6.92 Å². The average molecular weight is 197 g/mol. The number of methoxy groups -OCH3 is 2. The molecule has 1 aromatic heterocycles. The largest absolute Gasteiger partial charge is 0.368 e. The number of rotatable bonds is 4. The van der Waals surface area contributed by atoms with Gasteiger partial charge >= 0.3 is 0 Å². The molecule has 0 aliphatic rings. The monoisotopic (exact) mass is 197 g/mol. The van der Waals surface area contributed by atoms with E-state index < -0.39 is 5.79 Å². The van der Waals surface area contributed by atoms with Crippen molar-refractivity contribution in [2.75, 3.05) is 20.0 Å². The van der Waals surface area contributed by atoms with Gasteiger partial charge in [-0.2, -0.15) is 0 Å². The minimum atomic E-state index is -0.822. The first-order chi connectivity index (χ1) is 6.68. The first kappa shape index (κ1) is 10.9. The Hall–Kier alpha value is -1.20.